The summed E-state index contributed by atoms with van der Waals surface area (Å²) in [6.45, 7) is 4.44. The number of fused-ring (bicyclic) bond motifs is 10. The van der Waals surface area contributed by atoms with Gasteiger partial charge in [0.1, 0.15) is 0 Å². The van der Waals surface area contributed by atoms with Crippen molar-refractivity contribution in [2.24, 2.45) is 0 Å². The first-order valence-corrected chi connectivity index (χ1v) is 19.2. The zero-order chi connectivity index (χ0) is 33.6. The molecule has 5 heteroatoms. The van der Waals surface area contributed by atoms with Gasteiger partial charge in [-0.25, -0.2) is 0 Å². The van der Waals surface area contributed by atoms with E-state index in [-0.39, 0.29) is 11.2 Å². The quantitative estimate of drug-likeness (QED) is 0.177. The second-order valence-corrected chi connectivity index (χ2v) is 17.6. The van der Waals surface area contributed by atoms with Crippen molar-refractivity contribution in [3.8, 4) is 0 Å². The zero-order valence-corrected chi connectivity index (χ0v) is 28.8. The molecule has 0 saturated heterocycles. The van der Waals surface area contributed by atoms with Crippen LogP contribution in [0.3, 0.4) is 0 Å². The molecule has 2 aliphatic heterocycles. The van der Waals surface area contributed by atoms with Gasteiger partial charge in [0.25, 0.3) is 0 Å². The van der Waals surface area contributed by atoms with Gasteiger partial charge in [-0.05, 0) is 92.5 Å². The third-order valence-electron chi connectivity index (χ3n) is 11.1. The van der Waals surface area contributed by atoms with Crippen LogP contribution in [0.2, 0.25) is 0 Å². The number of carbonyl (C=O) groups is 1. The van der Waals surface area contributed by atoms with Crippen molar-refractivity contribution >= 4 is 68.7 Å². The number of hydrogen-bond acceptors (Lipinski definition) is 4. The van der Waals surface area contributed by atoms with Crippen molar-refractivity contribution in [3.63, 3.8) is 0 Å². The summed E-state index contributed by atoms with van der Waals surface area (Å²) in [7, 11) is -2.86. The van der Waals surface area contributed by atoms with Gasteiger partial charge in [0.15, 0.2) is 13.9 Å². The second-order valence-electron chi connectivity index (χ2n) is 13.9. The highest BCUT2D eigenvalue weighted by Gasteiger charge is 2.54. The summed E-state index contributed by atoms with van der Waals surface area (Å²) < 4.78 is 0. The van der Waals surface area contributed by atoms with Gasteiger partial charge in [0.05, 0.1) is 0 Å². The van der Waals surface area contributed by atoms with E-state index in [2.05, 4.69) is 168 Å². The number of rotatable bonds is 2. The van der Waals surface area contributed by atoms with Gasteiger partial charge in [0, 0.05) is 63.1 Å². The van der Waals surface area contributed by atoms with E-state index in [4.69, 9.17) is 0 Å². The molecular weight excluding hydrogens is 627 g/mol. The fourth-order valence-corrected chi connectivity index (χ4v) is 14.4. The van der Waals surface area contributed by atoms with E-state index >= 15 is 0 Å². The number of carbonyl (C=O) groups excluding carboxylic acids is 1. The van der Waals surface area contributed by atoms with Gasteiger partial charge in [-0.2, -0.15) is 0 Å². The molecule has 4 nitrogen and oxygen atoms in total. The van der Waals surface area contributed by atoms with Crippen LogP contribution in [-0.4, -0.2) is 18.8 Å². The first-order valence-electron chi connectivity index (χ1n) is 17.2. The summed E-state index contributed by atoms with van der Waals surface area (Å²) in [5.74, 6) is 0.0400. The van der Waals surface area contributed by atoms with Crippen molar-refractivity contribution in [3.05, 3.63) is 186 Å². The average molecular weight is 660 g/mol. The van der Waals surface area contributed by atoms with Crippen molar-refractivity contribution in [2.75, 3.05) is 9.80 Å². The summed E-state index contributed by atoms with van der Waals surface area (Å²) in [4.78, 5) is 23.0. The molecule has 0 saturated carbocycles. The Morgan fingerprint density at radius 2 is 0.980 bits per heavy atom. The Balaban J connectivity index is 1.26. The van der Waals surface area contributed by atoms with Crippen LogP contribution >= 0.6 is 0 Å². The Labute approximate surface area is 292 Å². The minimum Gasteiger partial charge on any atom is -0.311 e. The number of ketones is 1. The molecule has 0 radical (unpaired) electrons. The van der Waals surface area contributed by atoms with E-state index in [1.54, 1.807) is 12.4 Å². The van der Waals surface area contributed by atoms with E-state index < -0.39 is 8.07 Å². The van der Waals surface area contributed by atoms with Crippen LogP contribution in [0, 0.1) is 0 Å². The number of nitrogens with zero attached hydrogens (tertiary/aromatic N) is 3. The van der Waals surface area contributed by atoms with Gasteiger partial charge in [0.2, 0.25) is 0 Å². The topological polar surface area (TPSA) is 36.4 Å². The van der Waals surface area contributed by atoms with Gasteiger partial charge in [-0.1, -0.05) is 105 Å². The van der Waals surface area contributed by atoms with E-state index in [1.165, 1.54) is 43.5 Å². The van der Waals surface area contributed by atoms with Crippen LogP contribution in [-0.2, 0) is 5.41 Å². The summed E-state index contributed by atoms with van der Waals surface area (Å²) in [6, 6.07) is 55.2. The third kappa shape index (κ3) is 3.70. The van der Waals surface area contributed by atoms with Crippen LogP contribution in [0.5, 0.6) is 0 Å². The molecule has 10 rings (SSSR count). The minimum absolute atomic E-state index is 0.0400. The molecule has 6 aromatic carbocycles. The normalized spacial score (nSPS) is 15.7. The summed E-state index contributed by atoms with van der Waals surface area (Å²) in [6.07, 6.45) is 3.51. The van der Waals surface area contributed by atoms with Crippen molar-refractivity contribution in [1.82, 2.24) is 4.98 Å². The van der Waals surface area contributed by atoms with E-state index in [0.717, 1.165) is 28.1 Å². The lowest BCUT2D eigenvalue weighted by Crippen LogP contribution is -2.79. The molecule has 0 amide bonds. The molecule has 238 valence electrons. The number of para-hydroxylation sites is 5. The van der Waals surface area contributed by atoms with Gasteiger partial charge in [-0.15, -0.1) is 0 Å². The molecule has 3 aliphatic rings. The van der Waals surface area contributed by atoms with E-state index in [1.807, 2.05) is 12.1 Å². The Hall–Kier alpha value is -6.04. The van der Waals surface area contributed by atoms with Crippen molar-refractivity contribution in [2.45, 2.75) is 19.3 Å². The highest BCUT2D eigenvalue weighted by atomic mass is 28.3. The predicted molar refractivity (Wildman–Crippen MR) is 206 cm³/mol. The average Bonchev–Trinajstić information content (AvgIpc) is 3.17. The fraction of sp³-hybridized carbons (Fsp3) is 0.0667. The molecule has 0 bridgehead atoms. The fourth-order valence-electron chi connectivity index (χ4n) is 9.00. The Kier molecular flexibility index (Phi) is 6.06. The summed E-state index contributed by atoms with van der Waals surface area (Å²) in [5.41, 5.74) is 10.1. The molecule has 1 aromatic heterocycles. The molecule has 7 aromatic rings. The van der Waals surface area contributed by atoms with Crippen molar-refractivity contribution < 1.29 is 4.79 Å². The molecule has 0 unspecified atom stereocenters. The molecule has 3 heterocycles. The number of benzene rings is 6. The lowest BCUT2D eigenvalue weighted by Gasteiger charge is -2.50. The monoisotopic (exact) mass is 659 g/mol. The van der Waals surface area contributed by atoms with Crippen molar-refractivity contribution in [1.29, 1.82) is 0 Å². The van der Waals surface area contributed by atoms with Crippen LogP contribution in [0.25, 0.3) is 0 Å². The lowest BCUT2D eigenvalue weighted by molar-refractivity contribution is 0.103. The van der Waals surface area contributed by atoms with Gasteiger partial charge in [-0.3, -0.25) is 9.78 Å². The maximum absolute atomic E-state index is 13.8. The Bertz CT molecular complexity index is 2430. The van der Waals surface area contributed by atoms with Crippen LogP contribution in [0.4, 0.5) is 34.1 Å². The highest BCUT2D eigenvalue weighted by molar-refractivity contribution is 7.23. The summed E-state index contributed by atoms with van der Waals surface area (Å²) >= 11 is 0. The number of pyridine rings is 1. The maximum atomic E-state index is 13.8. The SMILES string of the molecule is CC1(C)c2ccncc2C(=O)c2ccc(N3c4ccccc4[Si]4(c5ccccc5N(c5ccccc5)c5ccccc54)c4ccccc43)cc21. The first-order chi connectivity index (χ1) is 24.5. The number of anilines is 6. The molecule has 1 spiro atoms. The van der Waals surface area contributed by atoms with Gasteiger partial charge >= 0.3 is 0 Å². The number of aromatic nitrogens is 1. The van der Waals surface area contributed by atoms with Gasteiger partial charge < -0.3 is 9.80 Å². The van der Waals surface area contributed by atoms with E-state index in [0.29, 0.717) is 5.56 Å². The lowest BCUT2D eigenvalue weighted by atomic mass is 9.69. The Morgan fingerprint density at radius 1 is 0.500 bits per heavy atom. The standard InChI is InChI=1S/C45H33N3OSi/c1-45(2)34-26-27-46-29-33(34)44(49)32-25-24-31(28-35(32)45)48-38-18-8-12-22-42(38)50(43-23-13-9-19-39(43)48)40-20-10-6-16-36(40)47(30-14-4-3-5-15-30)37-17-7-11-21-41(37)50/h3-29H,1-2H3. The summed E-state index contributed by atoms with van der Waals surface area (Å²) in [5, 5.41) is 5.47. The second kappa shape index (κ2) is 10.5. The van der Waals surface area contributed by atoms with Crippen LogP contribution < -0.4 is 30.5 Å². The molecular formula is C45H33N3OSi. The number of hydrogen-bond donors (Lipinski definition) is 0. The zero-order valence-electron chi connectivity index (χ0n) is 27.8. The molecule has 0 atom stereocenters. The predicted octanol–water partition coefficient (Wildman–Crippen LogP) is 7.90. The third-order valence-corrected chi connectivity index (χ3v) is 16.1. The molecule has 0 fully saturated rings. The van der Waals surface area contributed by atoms with E-state index in [9.17, 15) is 4.79 Å². The van der Waals surface area contributed by atoms with Crippen LogP contribution in [0.15, 0.2) is 164 Å². The molecule has 50 heavy (non-hydrogen) atoms. The molecule has 1 aliphatic carbocycles. The first kappa shape index (κ1) is 28.9. The Morgan fingerprint density at radius 3 is 1.52 bits per heavy atom. The highest BCUT2D eigenvalue weighted by Crippen LogP contribution is 2.47. The van der Waals surface area contributed by atoms with Crippen LogP contribution in [0.1, 0.15) is 40.9 Å². The molecule has 0 N–H and O–H groups in total. The minimum atomic E-state index is -2.86. The largest absolute Gasteiger partial charge is 0.311 e. The maximum Gasteiger partial charge on any atom is 0.195 e. The smallest absolute Gasteiger partial charge is 0.195 e.